The molecular formula is C21H40O4Si. The third-order valence-corrected chi connectivity index (χ3v) is 10.2. The van der Waals surface area contributed by atoms with Gasteiger partial charge in [0, 0.05) is 18.8 Å². The van der Waals surface area contributed by atoms with E-state index in [0.29, 0.717) is 5.92 Å². The Labute approximate surface area is 162 Å². The van der Waals surface area contributed by atoms with Crippen molar-refractivity contribution in [3.63, 3.8) is 0 Å². The van der Waals surface area contributed by atoms with E-state index in [9.17, 15) is 9.90 Å². The highest BCUT2D eigenvalue weighted by molar-refractivity contribution is 6.74. The van der Waals surface area contributed by atoms with Gasteiger partial charge in [-0.2, -0.15) is 0 Å². The van der Waals surface area contributed by atoms with Gasteiger partial charge in [0.15, 0.2) is 14.9 Å². The molecule has 0 saturated carbocycles. The first-order valence-electron chi connectivity index (χ1n) is 9.72. The van der Waals surface area contributed by atoms with Gasteiger partial charge in [0.2, 0.25) is 0 Å². The molecule has 0 radical (unpaired) electrons. The minimum Gasteiger partial charge on any atom is -0.453 e. The zero-order valence-corrected chi connectivity index (χ0v) is 19.5. The van der Waals surface area contributed by atoms with Crippen molar-refractivity contribution < 1.29 is 19.1 Å². The lowest BCUT2D eigenvalue weighted by molar-refractivity contribution is -0.139. The molecule has 152 valence electrons. The zero-order valence-electron chi connectivity index (χ0n) is 18.5. The maximum atomic E-state index is 10.8. The second-order valence-electron chi connectivity index (χ2n) is 8.97. The maximum Gasteiger partial charge on any atom is 0.303 e. The van der Waals surface area contributed by atoms with Crippen LogP contribution in [0.1, 0.15) is 61.8 Å². The predicted octanol–water partition coefficient (Wildman–Crippen LogP) is 4.62. The van der Waals surface area contributed by atoms with Gasteiger partial charge in [-0.25, -0.2) is 0 Å². The number of ether oxygens (including phenoxy) is 1. The fourth-order valence-electron chi connectivity index (χ4n) is 2.57. The minimum absolute atomic E-state index is 0.00592. The van der Waals surface area contributed by atoms with Crippen LogP contribution in [0.4, 0.5) is 0 Å². The average Bonchev–Trinajstić information content (AvgIpc) is 2.53. The summed E-state index contributed by atoms with van der Waals surface area (Å²) in [5, 5.41) is 11.0. The van der Waals surface area contributed by atoms with Crippen molar-refractivity contribution in [2.75, 3.05) is 6.61 Å². The van der Waals surface area contributed by atoms with Gasteiger partial charge in [0.1, 0.15) is 0 Å². The summed E-state index contributed by atoms with van der Waals surface area (Å²) in [6, 6.07) is 0. The van der Waals surface area contributed by atoms with Gasteiger partial charge in [-0.1, -0.05) is 59.8 Å². The van der Waals surface area contributed by atoms with Crippen LogP contribution in [0.2, 0.25) is 18.1 Å². The van der Waals surface area contributed by atoms with Crippen molar-refractivity contribution in [3.8, 4) is 11.8 Å². The summed E-state index contributed by atoms with van der Waals surface area (Å²) in [6.07, 6.45) is 0.403. The normalized spacial score (nSPS) is 18.1. The monoisotopic (exact) mass is 384 g/mol. The van der Waals surface area contributed by atoms with Gasteiger partial charge in [-0.15, -0.1) is 0 Å². The Hall–Kier alpha value is -0.833. The molecule has 0 rings (SSSR count). The summed E-state index contributed by atoms with van der Waals surface area (Å²) in [7, 11) is -1.94. The van der Waals surface area contributed by atoms with Gasteiger partial charge < -0.3 is 14.3 Å². The predicted molar refractivity (Wildman–Crippen MR) is 110 cm³/mol. The highest BCUT2D eigenvalue weighted by Crippen LogP contribution is 2.40. The van der Waals surface area contributed by atoms with Crippen LogP contribution in [0.3, 0.4) is 0 Å². The number of hydrogen-bond acceptors (Lipinski definition) is 4. The van der Waals surface area contributed by atoms with E-state index in [1.165, 1.54) is 6.92 Å². The molecule has 0 aliphatic heterocycles. The second kappa shape index (κ2) is 10.5. The van der Waals surface area contributed by atoms with Crippen molar-refractivity contribution in [1.29, 1.82) is 0 Å². The van der Waals surface area contributed by atoms with E-state index in [1.807, 2.05) is 6.92 Å². The molecule has 0 aromatic heterocycles. The molecule has 26 heavy (non-hydrogen) atoms. The van der Waals surface area contributed by atoms with Gasteiger partial charge in [0.05, 0.1) is 12.2 Å². The van der Waals surface area contributed by atoms with E-state index in [1.54, 1.807) is 0 Å². The van der Waals surface area contributed by atoms with Gasteiger partial charge >= 0.3 is 5.97 Å². The number of carbonyl (C=O) groups is 1. The molecule has 0 heterocycles. The zero-order chi connectivity index (χ0) is 20.7. The molecule has 5 atom stereocenters. The van der Waals surface area contributed by atoms with Crippen LogP contribution in [0.5, 0.6) is 0 Å². The van der Waals surface area contributed by atoms with Crippen LogP contribution in [-0.4, -0.2) is 38.2 Å². The van der Waals surface area contributed by atoms with Crippen molar-refractivity contribution in [2.45, 2.75) is 92.2 Å². The molecule has 0 aliphatic rings. The van der Waals surface area contributed by atoms with E-state index in [4.69, 9.17) is 9.16 Å². The fourth-order valence-corrected chi connectivity index (χ4v) is 4.05. The van der Waals surface area contributed by atoms with E-state index in [-0.39, 0.29) is 35.6 Å². The minimum atomic E-state index is -1.94. The quantitative estimate of drug-likeness (QED) is 0.377. The Balaban J connectivity index is 5.23. The molecule has 0 saturated heterocycles. The maximum absolute atomic E-state index is 10.8. The molecular weight excluding hydrogens is 344 g/mol. The van der Waals surface area contributed by atoms with Crippen molar-refractivity contribution in [1.82, 2.24) is 0 Å². The van der Waals surface area contributed by atoms with Crippen LogP contribution < -0.4 is 0 Å². The molecule has 0 aromatic carbocycles. The molecule has 4 nitrogen and oxygen atoms in total. The van der Waals surface area contributed by atoms with Crippen molar-refractivity contribution in [2.24, 2.45) is 17.8 Å². The second-order valence-corrected chi connectivity index (χ2v) is 13.7. The smallest absolute Gasteiger partial charge is 0.303 e. The Morgan fingerprint density at radius 3 is 2.15 bits per heavy atom. The van der Waals surface area contributed by atoms with E-state index >= 15 is 0 Å². The van der Waals surface area contributed by atoms with Crippen molar-refractivity contribution >= 4 is 14.3 Å². The number of carbonyl (C=O) groups excluding carboxylic acids is 1. The van der Waals surface area contributed by atoms with Crippen LogP contribution in [0, 0.1) is 29.6 Å². The molecule has 0 fully saturated rings. The lowest BCUT2D eigenvalue weighted by Crippen LogP contribution is -2.49. The summed E-state index contributed by atoms with van der Waals surface area (Å²) in [4.78, 5) is 10.8. The number of aliphatic hydroxyl groups excluding tert-OH is 1. The Kier molecular flexibility index (Phi) is 10.2. The first-order valence-corrected chi connectivity index (χ1v) is 12.6. The average molecular weight is 385 g/mol. The summed E-state index contributed by atoms with van der Waals surface area (Å²) in [6.45, 7) is 20.9. The van der Waals surface area contributed by atoms with E-state index in [2.05, 4.69) is 66.5 Å². The van der Waals surface area contributed by atoms with Crippen molar-refractivity contribution in [3.05, 3.63) is 0 Å². The molecule has 0 bridgehead atoms. The first-order chi connectivity index (χ1) is 11.7. The standard InChI is InChI=1S/C21H40O4Si/c1-11-15(2)20(25-26(9,10)21(6,7)8)17(4)19(23)16(3)13-12-14-24-18(5)22/h15-17,19-20,23H,11,14H2,1-10H3/t15-,16+,17+,19+,20+/m0/s1. The van der Waals surface area contributed by atoms with Gasteiger partial charge in [0.25, 0.3) is 0 Å². The molecule has 0 aliphatic carbocycles. The first kappa shape index (κ1) is 25.2. The summed E-state index contributed by atoms with van der Waals surface area (Å²) in [5.74, 6) is 5.59. The fraction of sp³-hybridized carbons (Fsp3) is 0.857. The van der Waals surface area contributed by atoms with Crippen LogP contribution >= 0.6 is 0 Å². The molecule has 5 heteroatoms. The number of aliphatic hydroxyl groups is 1. The summed E-state index contributed by atoms with van der Waals surface area (Å²) < 4.78 is 11.5. The molecule has 0 aromatic rings. The van der Waals surface area contributed by atoms with Crippen LogP contribution in [0.25, 0.3) is 0 Å². The molecule has 0 spiro atoms. The lowest BCUT2D eigenvalue weighted by Gasteiger charge is -2.44. The van der Waals surface area contributed by atoms with Crippen LogP contribution in [-0.2, 0) is 14.0 Å². The Morgan fingerprint density at radius 2 is 1.73 bits per heavy atom. The molecule has 0 amide bonds. The summed E-state index contributed by atoms with van der Waals surface area (Å²) in [5.41, 5.74) is 0. The topological polar surface area (TPSA) is 55.8 Å². The number of esters is 1. The van der Waals surface area contributed by atoms with E-state index in [0.717, 1.165) is 6.42 Å². The SMILES string of the molecule is CC[C@H](C)[C@@H](O[Si](C)(C)C(C)(C)C)[C@H](C)[C@H](O)[C@H](C)C#CCOC(C)=O. The Morgan fingerprint density at radius 1 is 1.19 bits per heavy atom. The highest BCUT2D eigenvalue weighted by Gasteiger charge is 2.42. The molecule has 0 unspecified atom stereocenters. The molecule has 1 N–H and O–H groups in total. The summed E-state index contributed by atoms with van der Waals surface area (Å²) >= 11 is 0. The number of rotatable bonds is 8. The lowest BCUT2D eigenvalue weighted by atomic mass is 9.83. The van der Waals surface area contributed by atoms with E-state index < -0.39 is 14.4 Å². The largest absolute Gasteiger partial charge is 0.453 e. The van der Waals surface area contributed by atoms with Gasteiger partial charge in [-0.05, 0) is 31.0 Å². The van der Waals surface area contributed by atoms with Gasteiger partial charge in [-0.3, -0.25) is 4.79 Å². The Bertz CT molecular complexity index is 498. The third kappa shape index (κ3) is 7.81. The third-order valence-electron chi connectivity index (χ3n) is 5.69. The number of hydrogen-bond donors (Lipinski definition) is 1. The highest BCUT2D eigenvalue weighted by atomic mass is 28.4. The van der Waals surface area contributed by atoms with Crippen LogP contribution in [0.15, 0.2) is 0 Å².